The molecule has 2 nitrogen and oxygen atoms in total. The highest BCUT2D eigenvalue weighted by Crippen LogP contribution is 2.52. The third-order valence-corrected chi connectivity index (χ3v) is 5.57. The Kier molecular flexibility index (Phi) is 4.06. The van der Waals surface area contributed by atoms with Crippen LogP contribution in [-0.2, 0) is 0 Å². The Morgan fingerprint density at radius 3 is 1.84 bits per heavy atom. The van der Waals surface area contributed by atoms with Crippen molar-refractivity contribution in [2.75, 3.05) is 13.6 Å². The molecule has 0 spiro atoms. The van der Waals surface area contributed by atoms with Gasteiger partial charge < -0.3 is 5.73 Å². The summed E-state index contributed by atoms with van der Waals surface area (Å²) in [6.07, 6.45) is 9.39. The van der Waals surface area contributed by atoms with Crippen LogP contribution in [0, 0.1) is 10.8 Å². The Morgan fingerprint density at radius 2 is 1.42 bits per heavy atom. The average Bonchev–Trinajstić information content (AvgIpc) is 2.76. The highest BCUT2D eigenvalue weighted by atomic mass is 15.2. The van der Waals surface area contributed by atoms with Crippen LogP contribution in [0.4, 0.5) is 0 Å². The zero-order chi connectivity index (χ0) is 14.3. The minimum atomic E-state index is 0.222. The first-order valence-electron chi connectivity index (χ1n) is 8.13. The van der Waals surface area contributed by atoms with E-state index < -0.39 is 0 Å². The molecular weight excluding hydrogens is 232 g/mol. The van der Waals surface area contributed by atoms with Gasteiger partial charge in [-0.15, -0.1) is 0 Å². The number of nitrogens with two attached hydrogens (primary N) is 1. The fourth-order valence-electron chi connectivity index (χ4n) is 5.48. The van der Waals surface area contributed by atoms with E-state index in [1.807, 2.05) is 0 Å². The predicted molar refractivity (Wildman–Crippen MR) is 83.2 cm³/mol. The predicted octanol–water partition coefficient (Wildman–Crippen LogP) is 3.79. The Balaban J connectivity index is 2.24. The summed E-state index contributed by atoms with van der Waals surface area (Å²) in [6, 6.07) is 0.772. The van der Waals surface area contributed by atoms with Crippen molar-refractivity contribution in [3.8, 4) is 0 Å². The highest BCUT2D eigenvalue weighted by Gasteiger charge is 2.50. The van der Waals surface area contributed by atoms with Crippen LogP contribution in [0.15, 0.2) is 0 Å². The number of nitrogens with zero attached hydrogens (tertiary/aromatic N) is 1. The monoisotopic (exact) mass is 266 g/mol. The van der Waals surface area contributed by atoms with Gasteiger partial charge in [-0.3, -0.25) is 4.90 Å². The van der Waals surface area contributed by atoms with Crippen molar-refractivity contribution in [1.29, 1.82) is 0 Å². The first-order chi connectivity index (χ1) is 8.70. The van der Waals surface area contributed by atoms with Gasteiger partial charge in [0.25, 0.3) is 0 Å². The zero-order valence-corrected chi connectivity index (χ0v) is 13.8. The Bertz CT molecular complexity index is 297. The number of rotatable bonds is 3. The second kappa shape index (κ2) is 5.04. The van der Waals surface area contributed by atoms with E-state index in [4.69, 9.17) is 5.73 Å². The molecule has 112 valence electrons. The zero-order valence-electron chi connectivity index (χ0n) is 13.8. The maximum atomic E-state index is 6.31. The third kappa shape index (κ3) is 3.16. The lowest BCUT2D eigenvalue weighted by Gasteiger charge is -2.56. The van der Waals surface area contributed by atoms with Crippen molar-refractivity contribution in [3.05, 3.63) is 0 Å². The normalized spacial score (nSPS) is 29.8. The van der Waals surface area contributed by atoms with Crippen molar-refractivity contribution in [3.63, 3.8) is 0 Å². The summed E-state index contributed by atoms with van der Waals surface area (Å²) in [6.45, 7) is 10.5. The van der Waals surface area contributed by atoms with Crippen molar-refractivity contribution in [2.45, 2.75) is 84.2 Å². The van der Waals surface area contributed by atoms with E-state index in [2.05, 4.69) is 39.6 Å². The molecule has 2 heteroatoms. The van der Waals surface area contributed by atoms with Gasteiger partial charge in [-0.2, -0.15) is 0 Å². The van der Waals surface area contributed by atoms with E-state index >= 15 is 0 Å². The second-order valence-corrected chi connectivity index (χ2v) is 8.84. The standard InChI is InChI=1S/C17H34N2/c1-15(2)10-16(3,4)12-17(11-15,13-18)19(5)14-8-6-7-9-14/h14H,6-13,18H2,1-5H3. The minimum absolute atomic E-state index is 0.222. The summed E-state index contributed by atoms with van der Waals surface area (Å²) in [5, 5.41) is 0. The smallest absolute Gasteiger partial charge is 0.0341 e. The lowest BCUT2D eigenvalue weighted by Crippen LogP contribution is -2.61. The van der Waals surface area contributed by atoms with Crippen LogP contribution >= 0.6 is 0 Å². The number of likely N-dealkylation sites (N-methyl/N-ethyl adjacent to an activating group) is 1. The van der Waals surface area contributed by atoms with Crippen molar-refractivity contribution in [1.82, 2.24) is 4.90 Å². The molecule has 2 fully saturated rings. The highest BCUT2D eigenvalue weighted by molar-refractivity contribution is 5.05. The van der Waals surface area contributed by atoms with E-state index in [0.29, 0.717) is 10.8 Å². The van der Waals surface area contributed by atoms with Crippen molar-refractivity contribution in [2.24, 2.45) is 16.6 Å². The molecule has 0 bridgehead atoms. The molecule has 0 aromatic rings. The first kappa shape index (κ1) is 15.3. The summed E-state index contributed by atoms with van der Waals surface area (Å²) >= 11 is 0. The number of hydrogen-bond donors (Lipinski definition) is 1. The molecule has 0 radical (unpaired) electrons. The summed E-state index contributed by atoms with van der Waals surface area (Å²) in [7, 11) is 2.35. The summed E-state index contributed by atoms with van der Waals surface area (Å²) in [4.78, 5) is 2.68. The molecule has 0 aliphatic heterocycles. The van der Waals surface area contributed by atoms with Crippen molar-refractivity contribution >= 4 is 0 Å². The van der Waals surface area contributed by atoms with E-state index in [1.54, 1.807) is 0 Å². The lowest BCUT2D eigenvalue weighted by molar-refractivity contribution is -0.0488. The molecule has 0 unspecified atom stereocenters. The molecule has 0 aromatic carbocycles. The van der Waals surface area contributed by atoms with E-state index in [0.717, 1.165) is 12.6 Å². The quantitative estimate of drug-likeness (QED) is 0.842. The van der Waals surface area contributed by atoms with Gasteiger partial charge in [0.2, 0.25) is 0 Å². The molecular formula is C17H34N2. The third-order valence-electron chi connectivity index (χ3n) is 5.57. The van der Waals surface area contributed by atoms with E-state index in [9.17, 15) is 0 Å². The SMILES string of the molecule is CN(C1CCCC1)C1(CN)CC(C)(C)CC(C)(C)C1. The van der Waals surface area contributed by atoms with Gasteiger partial charge in [-0.25, -0.2) is 0 Å². The molecule has 0 atom stereocenters. The van der Waals surface area contributed by atoms with Crippen LogP contribution in [-0.4, -0.2) is 30.1 Å². The lowest BCUT2D eigenvalue weighted by atomic mass is 9.57. The molecule has 2 N–H and O–H groups in total. The van der Waals surface area contributed by atoms with Crippen LogP contribution in [0.3, 0.4) is 0 Å². The molecule has 2 aliphatic carbocycles. The van der Waals surface area contributed by atoms with Crippen molar-refractivity contribution < 1.29 is 0 Å². The Hall–Kier alpha value is -0.0800. The van der Waals surface area contributed by atoms with Crippen LogP contribution in [0.5, 0.6) is 0 Å². The van der Waals surface area contributed by atoms with Crippen LogP contribution in [0.1, 0.15) is 72.6 Å². The van der Waals surface area contributed by atoms with Gasteiger partial charge in [-0.1, -0.05) is 40.5 Å². The van der Waals surface area contributed by atoms with Gasteiger partial charge in [-0.05, 0) is 50.0 Å². The molecule has 0 aromatic heterocycles. The average molecular weight is 266 g/mol. The van der Waals surface area contributed by atoms with Gasteiger partial charge in [0.1, 0.15) is 0 Å². The summed E-state index contributed by atoms with van der Waals surface area (Å²) in [5.74, 6) is 0. The number of hydrogen-bond acceptors (Lipinski definition) is 2. The molecule has 2 rings (SSSR count). The molecule has 0 amide bonds. The minimum Gasteiger partial charge on any atom is -0.329 e. The van der Waals surface area contributed by atoms with Crippen LogP contribution in [0.25, 0.3) is 0 Å². The molecule has 2 saturated carbocycles. The fourth-order valence-corrected chi connectivity index (χ4v) is 5.48. The topological polar surface area (TPSA) is 29.3 Å². The largest absolute Gasteiger partial charge is 0.329 e. The Labute approximate surface area is 120 Å². The fraction of sp³-hybridized carbons (Fsp3) is 1.00. The molecule has 2 aliphatic rings. The van der Waals surface area contributed by atoms with E-state index in [-0.39, 0.29) is 5.54 Å². The molecule has 0 saturated heterocycles. The summed E-state index contributed by atoms with van der Waals surface area (Å²) in [5.41, 5.74) is 7.35. The molecule has 0 heterocycles. The van der Waals surface area contributed by atoms with Gasteiger partial charge in [0.05, 0.1) is 0 Å². The van der Waals surface area contributed by atoms with E-state index in [1.165, 1.54) is 44.9 Å². The summed E-state index contributed by atoms with van der Waals surface area (Å²) < 4.78 is 0. The van der Waals surface area contributed by atoms with Crippen LogP contribution in [0.2, 0.25) is 0 Å². The molecule has 19 heavy (non-hydrogen) atoms. The first-order valence-corrected chi connectivity index (χ1v) is 8.13. The Morgan fingerprint density at radius 1 is 0.947 bits per heavy atom. The van der Waals surface area contributed by atoms with Gasteiger partial charge in [0, 0.05) is 18.1 Å². The van der Waals surface area contributed by atoms with Gasteiger partial charge >= 0.3 is 0 Å². The maximum absolute atomic E-state index is 6.31. The van der Waals surface area contributed by atoms with Gasteiger partial charge in [0.15, 0.2) is 0 Å². The van der Waals surface area contributed by atoms with Crippen LogP contribution < -0.4 is 5.73 Å². The maximum Gasteiger partial charge on any atom is 0.0341 e. The second-order valence-electron chi connectivity index (χ2n) is 8.84.